The van der Waals surface area contributed by atoms with E-state index in [2.05, 4.69) is 17.1 Å². The molecular formula is C15H11NOS2. The molecule has 0 aliphatic heterocycles. The van der Waals surface area contributed by atoms with Gasteiger partial charge in [-0.1, -0.05) is 29.0 Å². The first-order chi connectivity index (χ1) is 9.31. The van der Waals surface area contributed by atoms with Crippen LogP contribution in [0.1, 0.15) is 0 Å². The summed E-state index contributed by atoms with van der Waals surface area (Å²) in [6.07, 6.45) is 1.80. The molecule has 0 amide bonds. The second-order valence-corrected chi connectivity index (χ2v) is 6.25. The largest absolute Gasteiger partial charge is 0.508 e. The van der Waals surface area contributed by atoms with Crippen molar-refractivity contribution in [1.29, 1.82) is 0 Å². The highest BCUT2D eigenvalue weighted by Crippen LogP contribution is 2.37. The first-order valence-corrected chi connectivity index (χ1v) is 7.94. The number of fused-ring (bicyclic) bond motifs is 1. The molecule has 0 saturated carbocycles. The number of aromatic hydroxyl groups is 1. The molecule has 0 aliphatic carbocycles. The molecule has 1 heterocycles. The molecule has 19 heavy (non-hydrogen) atoms. The first kappa shape index (κ1) is 12.4. The first-order valence-electron chi connectivity index (χ1n) is 5.80. The molecule has 0 atom stereocenters. The molecule has 0 spiro atoms. The van der Waals surface area contributed by atoms with E-state index < -0.39 is 0 Å². The summed E-state index contributed by atoms with van der Waals surface area (Å²) in [5.41, 5.74) is 0. The molecule has 2 aromatic carbocycles. The lowest BCUT2D eigenvalue weighted by atomic mass is 10.1. The molecule has 0 bridgehead atoms. The van der Waals surface area contributed by atoms with Gasteiger partial charge in [-0.25, -0.2) is 4.98 Å². The van der Waals surface area contributed by atoms with Crippen LogP contribution in [0.3, 0.4) is 0 Å². The summed E-state index contributed by atoms with van der Waals surface area (Å²) in [6.45, 7) is 0. The van der Waals surface area contributed by atoms with Crippen LogP contribution in [0.15, 0.2) is 70.7 Å². The van der Waals surface area contributed by atoms with E-state index in [4.69, 9.17) is 0 Å². The number of hydrogen-bond donors (Lipinski definition) is 1. The van der Waals surface area contributed by atoms with E-state index in [0.717, 1.165) is 15.8 Å². The fourth-order valence-electron chi connectivity index (χ4n) is 1.75. The zero-order chi connectivity index (χ0) is 13.1. The smallest absolute Gasteiger partial charge is 0.116 e. The Morgan fingerprint density at radius 1 is 0.842 bits per heavy atom. The monoisotopic (exact) mass is 285 g/mol. The fourth-order valence-corrected chi connectivity index (χ4v) is 3.62. The highest BCUT2D eigenvalue weighted by atomic mass is 33.1. The van der Waals surface area contributed by atoms with Crippen molar-refractivity contribution in [3.05, 3.63) is 60.8 Å². The maximum absolute atomic E-state index is 9.43. The van der Waals surface area contributed by atoms with E-state index in [1.165, 1.54) is 4.90 Å². The number of rotatable bonds is 3. The van der Waals surface area contributed by atoms with Crippen LogP contribution in [0.5, 0.6) is 5.75 Å². The van der Waals surface area contributed by atoms with Gasteiger partial charge in [-0.3, -0.25) is 0 Å². The topological polar surface area (TPSA) is 33.1 Å². The fraction of sp³-hybridized carbons (Fsp3) is 0. The minimum Gasteiger partial charge on any atom is -0.508 e. The third-order valence-electron chi connectivity index (χ3n) is 2.66. The molecule has 0 aliphatic rings. The molecule has 4 heteroatoms. The van der Waals surface area contributed by atoms with Crippen molar-refractivity contribution in [3.8, 4) is 5.75 Å². The predicted molar refractivity (Wildman–Crippen MR) is 81.6 cm³/mol. The predicted octanol–water partition coefficient (Wildman–Crippen LogP) is 4.74. The van der Waals surface area contributed by atoms with Gasteiger partial charge in [0.15, 0.2) is 0 Å². The average Bonchev–Trinajstić information content (AvgIpc) is 2.46. The lowest BCUT2D eigenvalue weighted by molar-refractivity contribution is 0.476. The van der Waals surface area contributed by atoms with Crippen LogP contribution in [0.2, 0.25) is 0 Å². The lowest BCUT2D eigenvalue weighted by Gasteiger charge is -2.03. The Bertz CT molecular complexity index is 701. The van der Waals surface area contributed by atoms with Crippen molar-refractivity contribution in [2.75, 3.05) is 0 Å². The zero-order valence-electron chi connectivity index (χ0n) is 9.98. The van der Waals surface area contributed by atoms with E-state index in [-0.39, 0.29) is 0 Å². The summed E-state index contributed by atoms with van der Waals surface area (Å²) in [5, 5.41) is 12.6. The maximum atomic E-state index is 9.43. The number of nitrogens with zero attached hydrogens (tertiary/aromatic N) is 1. The third-order valence-corrected chi connectivity index (χ3v) is 4.94. The van der Waals surface area contributed by atoms with Gasteiger partial charge in [-0.05, 0) is 58.0 Å². The molecule has 1 N–H and O–H groups in total. The molecule has 0 radical (unpaired) electrons. The van der Waals surface area contributed by atoms with Crippen LogP contribution in [-0.2, 0) is 0 Å². The Morgan fingerprint density at radius 2 is 1.68 bits per heavy atom. The van der Waals surface area contributed by atoms with Gasteiger partial charge < -0.3 is 5.11 Å². The van der Waals surface area contributed by atoms with Crippen molar-refractivity contribution in [1.82, 2.24) is 4.98 Å². The van der Waals surface area contributed by atoms with Crippen molar-refractivity contribution in [3.63, 3.8) is 0 Å². The van der Waals surface area contributed by atoms with Gasteiger partial charge in [0.05, 0.1) is 0 Å². The summed E-state index contributed by atoms with van der Waals surface area (Å²) >= 11 is 0. The summed E-state index contributed by atoms with van der Waals surface area (Å²) in [7, 11) is 3.33. The minimum absolute atomic E-state index is 0.302. The standard InChI is InChI=1S/C15H11NOS2/c17-13-6-4-12-10-14(7-5-11(12)9-13)18-19-15-3-1-2-8-16-15/h1-10,17H. The number of benzene rings is 2. The molecule has 2 nitrogen and oxygen atoms in total. The van der Waals surface area contributed by atoms with Crippen LogP contribution in [-0.4, -0.2) is 10.1 Å². The Labute approximate surface area is 119 Å². The quantitative estimate of drug-likeness (QED) is 0.705. The minimum atomic E-state index is 0.302. The SMILES string of the molecule is Oc1ccc2cc(SSc3ccccn3)ccc2c1. The second kappa shape index (κ2) is 5.55. The average molecular weight is 285 g/mol. The molecule has 94 valence electrons. The van der Waals surface area contributed by atoms with Gasteiger partial charge in [-0.15, -0.1) is 0 Å². The Morgan fingerprint density at radius 3 is 2.53 bits per heavy atom. The number of phenolic OH excluding ortho intramolecular Hbond substituents is 1. The Kier molecular flexibility index (Phi) is 3.62. The van der Waals surface area contributed by atoms with Crippen molar-refractivity contribution in [2.24, 2.45) is 0 Å². The highest BCUT2D eigenvalue weighted by molar-refractivity contribution is 8.76. The normalized spacial score (nSPS) is 10.7. The zero-order valence-corrected chi connectivity index (χ0v) is 11.6. The molecule has 0 fully saturated rings. The number of phenols is 1. The van der Waals surface area contributed by atoms with Crippen LogP contribution in [0.25, 0.3) is 10.8 Å². The number of aromatic nitrogens is 1. The van der Waals surface area contributed by atoms with E-state index in [0.29, 0.717) is 5.75 Å². The van der Waals surface area contributed by atoms with Gasteiger partial charge in [0, 0.05) is 11.1 Å². The van der Waals surface area contributed by atoms with Crippen molar-refractivity contribution < 1.29 is 5.11 Å². The maximum Gasteiger partial charge on any atom is 0.116 e. The number of hydrogen-bond acceptors (Lipinski definition) is 4. The molecular weight excluding hydrogens is 274 g/mol. The van der Waals surface area contributed by atoms with E-state index >= 15 is 0 Å². The molecule has 0 unspecified atom stereocenters. The van der Waals surface area contributed by atoms with E-state index in [9.17, 15) is 5.11 Å². The molecule has 3 rings (SSSR count). The van der Waals surface area contributed by atoms with E-state index in [1.54, 1.807) is 39.9 Å². The Balaban J connectivity index is 1.80. The van der Waals surface area contributed by atoms with Crippen LogP contribution < -0.4 is 0 Å². The van der Waals surface area contributed by atoms with Gasteiger partial charge in [0.25, 0.3) is 0 Å². The van der Waals surface area contributed by atoms with Crippen molar-refractivity contribution >= 4 is 32.4 Å². The van der Waals surface area contributed by atoms with Gasteiger partial charge in [0.2, 0.25) is 0 Å². The molecule has 1 aromatic heterocycles. The van der Waals surface area contributed by atoms with Crippen molar-refractivity contribution in [2.45, 2.75) is 9.92 Å². The number of pyridine rings is 1. The summed E-state index contributed by atoms with van der Waals surface area (Å²) in [5.74, 6) is 0.302. The van der Waals surface area contributed by atoms with Crippen LogP contribution in [0, 0.1) is 0 Å². The van der Waals surface area contributed by atoms with Gasteiger partial charge in [-0.2, -0.15) is 0 Å². The molecule has 0 saturated heterocycles. The Hall–Kier alpha value is -1.65. The third kappa shape index (κ3) is 3.03. The summed E-state index contributed by atoms with van der Waals surface area (Å²) < 4.78 is 0. The lowest BCUT2D eigenvalue weighted by Crippen LogP contribution is -1.76. The van der Waals surface area contributed by atoms with Crippen LogP contribution in [0.4, 0.5) is 0 Å². The summed E-state index contributed by atoms with van der Waals surface area (Å²) in [6, 6.07) is 17.5. The highest BCUT2D eigenvalue weighted by Gasteiger charge is 2.01. The van der Waals surface area contributed by atoms with Gasteiger partial charge in [0.1, 0.15) is 10.8 Å². The second-order valence-electron chi connectivity index (χ2n) is 4.03. The van der Waals surface area contributed by atoms with E-state index in [1.807, 2.05) is 30.3 Å². The summed E-state index contributed by atoms with van der Waals surface area (Å²) in [4.78, 5) is 5.45. The van der Waals surface area contributed by atoms with Crippen LogP contribution >= 0.6 is 21.6 Å². The molecule has 3 aromatic rings. The van der Waals surface area contributed by atoms with Gasteiger partial charge >= 0.3 is 0 Å².